The zero-order valence-electron chi connectivity index (χ0n) is 11.1. The van der Waals surface area contributed by atoms with Crippen LogP contribution < -0.4 is 4.74 Å². The maximum absolute atomic E-state index is 13.5. The first-order valence-electron chi connectivity index (χ1n) is 6.10. The molecule has 1 unspecified atom stereocenters. The van der Waals surface area contributed by atoms with E-state index in [4.69, 9.17) is 4.74 Å². The Morgan fingerprint density at radius 3 is 2.71 bits per heavy atom. The van der Waals surface area contributed by atoms with E-state index in [0.29, 0.717) is 11.3 Å². The van der Waals surface area contributed by atoms with Crippen LogP contribution in [-0.2, 0) is 0 Å². The van der Waals surface area contributed by atoms with Gasteiger partial charge in [0.25, 0.3) is 0 Å². The van der Waals surface area contributed by atoms with Crippen LogP contribution in [0.3, 0.4) is 0 Å². The van der Waals surface area contributed by atoms with Gasteiger partial charge in [0.1, 0.15) is 17.5 Å². The molecule has 0 amide bonds. The van der Waals surface area contributed by atoms with E-state index in [-0.39, 0.29) is 10.0 Å². The summed E-state index contributed by atoms with van der Waals surface area (Å²) >= 11 is 3.05. The van der Waals surface area contributed by atoms with Crippen molar-refractivity contribution in [3.05, 3.63) is 63.9 Å². The summed E-state index contributed by atoms with van der Waals surface area (Å²) < 4.78 is 18.7. The number of hydrogen-bond donors (Lipinski definition) is 0. The van der Waals surface area contributed by atoms with Crippen molar-refractivity contribution in [3.8, 4) is 11.8 Å². The van der Waals surface area contributed by atoms with Crippen LogP contribution in [0.15, 0.2) is 46.9 Å². The van der Waals surface area contributed by atoms with E-state index in [2.05, 4.69) is 15.9 Å². The number of nitrogens with zero attached hydrogens (tertiary/aromatic N) is 1. The van der Waals surface area contributed by atoms with E-state index in [9.17, 15) is 14.4 Å². The lowest BCUT2D eigenvalue weighted by atomic mass is 9.91. The van der Waals surface area contributed by atoms with Crippen LogP contribution in [0.2, 0.25) is 0 Å². The van der Waals surface area contributed by atoms with Crippen molar-refractivity contribution in [2.45, 2.75) is 5.92 Å². The summed E-state index contributed by atoms with van der Waals surface area (Å²) in [6, 6.07) is 12.8. The summed E-state index contributed by atoms with van der Waals surface area (Å²) in [5.74, 6) is -1.46. The molecule has 0 radical (unpaired) electrons. The van der Waals surface area contributed by atoms with Crippen LogP contribution in [0.25, 0.3) is 0 Å². The van der Waals surface area contributed by atoms with Gasteiger partial charge in [-0.05, 0) is 45.8 Å². The molecule has 3 nitrogen and oxygen atoms in total. The molecule has 0 aromatic heterocycles. The van der Waals surface area contributed by atoms with Gasteiger partial charge >= 0.3 is 0 Å². The van der Waals surface area contributed by atoms with Gasteiger partial charge in [-0.1, -0.05) is 18.2 Å². The van der Waals surface area contributed by atoms with Gasteiger partial charge in [0.15, 0.2) is 5.78 Å². The molecule has 0 aliphatic heterocycles. The molecule has 5 heteroatoms. The third-order valence-corrected chi connectivity index (χ3v) is 3.84. The van der Waals surface area contributed by atoms with Gasteiger partial charge in [-0.3, -0.25) is 4.79 Å². The Morgan fingerprint density at radius 2 is 2.05 bits per heavy atom. The summed E-state index contributed by atoms with van der Waals surface area (Å²) in [6.07, 6.45) is 0. The Morgan fingerprint density at radius 1 is 1.33 bits per heavy atom. The van der Waals surface area contributed by atoms with E-state index in [1.54, 1.807) is 24.3 Å². The van der Waals surface area contributed by atoms with Crippen molar-refractivity contribution in [1.82, 2.24) is 0 Å². The number of carbonyl (C=O) groups is 1. The van der Waals surface area contributed by atoms with Crippen molar-refractivity contribution in [2.24, 2.45) is 0 Å². The molecule has 0 heterocycles. The predicted molar refractivity (Wildman–Crippen MR) is 79.8 cm³/mol. The normalized spacial score (nSPS) is 11.5. The molecular formula is C16H11BrFNO2. The minimum atomic E-state index is -1.02. The molecule has 0 N–H and O–H groups in total. The lowest BCUT2D eigenvalue weighted by molar-refractivity contribution is 0.0977. The molecule has 2 aromatic rings. The van der Waals surface area contributed by atoms with E-state index in [1.807, 2.05) is 6.07 Å². The fourth-order valence-corrected chi connectivity index (χ4v) is 2.41. The van der Waals surface area contributed by atoms with Crippen LogP contribution >= 0.6 is 15.9 Å². The van der Waals surface area contributed by atoms with Gasteiger partial charge in [0.05, 0.1) is 17.7 Å². The summed E-state index contributed by atoms with van der Waals surface area (Å²) in [5, 5.41) is 9.31. The fraction of sp³-hybridized carbons (Fsp3) is 0.125. The van der Waals surface area contributed by atoms with Crippen molar-refractivity contribution < 1.29 is 13.9 Å². The number of benzene rings is 2. The molecule has 0 saturated heterocycles. The predicted octanol–water partition coefficient (Wildman–Crippen LogP) is 4.09. The van der Waals surface area contributed by atoms with Gasteiger partial charge < -0.3 is 4.74 Å². The number of ketones is 1. The van der Waals surface area contributed by atoms with Gasteiger partial charge in [-0.2, -0.15) is 5.26 Å². The summed E-state index contributed by atoms with van der Waals surface area (Å²) in [7, 11) is 1.51. The Kier molecular flexibility index (Phi) is 4.71. The molecule has 0 bridgehead atoms. The first-order valence-corrected chi connectivity index (χ1v) is 6.89. The average molecular weight is 348 g/mol. The number of ether oxygens (including phenoxy) is 1. The Labute approximate surface area is 130 Å². The first kappa shape index (κ1) is 15.2. The van der Waals surface area contributed by atoms with Crippen LogP contribution in [0.4, 0.5) is 4.39 Å². The van der Waals surface area contributed by atoms with Gasteiger partial charge in [0.2, 0.25) is 0 Å². The smallest absolute Gasteiger partial charge is 0.185 e. The number of rotatable bonds is 4. The van der Waals surface area contributed by atoms with Crippen LogP contribution in [-0.4, -0.2) is 12.9 Å². The van der Waals surface area contributed by atoms with Crippen LogP contribution in [0.5, 0.6) is 5.75 Å². The third-order valence-electron chi connectivity index (χ3n) is 3.04. The van der Waals surface area contributed by atoms with E-state index in [0.717, 1.165) is 0 Å². The lowest BCUT2D eigenvalue weighted by Crippen LogP contribution is -2.12. The Bertz CT molecular complexity index is 724. The van der Waals surface area contributed by atoms with E-state index < -0.39 is 17.5 Å². The van der Waals surface area contributed by atoms with Crippen LogP contribution in [0.1, 0.15) is 21.8 Å². The molecule has 106 valence electrons. The third kappa shape index (κ3) is 3.11. The maximum atomic E-state index is 13.5. The SMILES string of the molecule is COc1cccc(C(C#N)C(=O)c2cccc(F)c2Br)c1. The van der Waals surface area contributed by atoms with Gasteiger partial charge in [-0.25, -0.2) is 4.39 Å². The quantitative estimate of drug-likeness (QED) is 0.782. The fourth-order valence-electron chi connectivity index (χ4n) is 1.96. The average Bonchev–Trinajstić information content (AvgIpc) is 2.51. The highest BCUT2D eigenvalue weighted by molar-refractivity contribution is 9.10. The number of Topliss-reactive ketones (excluding diaryl/α,β-unsaturated/α-hetero) is 1. The molecule has 0 aliphatic rings. The standard InChI is InChI=1S/C16H11BrFNO2/c1-21-11-5-2-4-10(8-11)13(9-19)16(20)12-6-3-7-14(18)15(12)17/h2-8,13H,1H3. The lowest BCUT2D eigenvalue weighted by Gasteiger charge is -2.11. The zero-order chi connectivity index (χ0) is 15.4. The molecular weight excluding hydrogens is 337 g/mol. The second-order valence-electron chi connectivity index (χ2n) is 4.30. The summed E-state index contributed by atoms with van der Waals surface area (Å²) in [6.45, 7) is 0. The van der Waals surface area contributed by atoms with Crippen molar-refractivity contribution in [2.75, 3.05) is 7.11 Å². The van der Waals surface area contributed by atoms with Gasteiger partial charge in [0, 0.05) is 5.56 Å². The van der Waals surface area contributed by atoms with E-state index in [1.165, 1.54) is 25.3 Å². The highest BCUT2D eigenvalue weighted by atomic mass is 79.9. The molecule has 0 aliphatic carbocycles. The number of carbonyl (C=O) groups excluding carboxylic acids is 1. The van der Waals surface area contributed by atoms with Crippen molar-refractivity contribution >= 4 is 21.7 Å². The molecule has 0 fully saturated rings. The van der Waals surface area contributed by atoms with Crippen LogP contribution in [0, 0.1) is 17.1 Å². The largest absolute Gasteiger partial charge is 0.497 e. The van der Waals surface area contributed by atoms with Crippen molar-refractivity contribution in [1.29, 1.82) is 5.26 Å². The topological polar surface area (TPSA) is 50.1 Å². The summed E-state index contributed by atoms with van der Waals surface area (Å²) in [4.78, 5) is 12.5. The second-order valence-corrected chi connectivity index (χ2v) is 5.10. The Hall–Kier alpha value is -2.19. The minimum absolute atomic E-state index is 0.0677. The van der Waals surface area contributed by atoms with E-state index >= 15 is 0 Å². The molecule has 2 aromatic carbocycles. The molecule has 21 heavy (non-hydrogen) atoms. The zero-order valence-corrected chi connectivity index (χ0v) is 12.7. The minimum Gasteiger partial charge on any atom is -0.497 e. The highest BCUT2D eigenvalue weighted by Gasteiger charge is 2.24. The number of hydrogen-bond acceptors (Lipinski definition) is 3. The number of halogens is 2. The van der Waals surface area contributed by atoms with Crippen molar-refractivity contribution in [3.63, 3.8) is 0 Å². The first-order chi connectivity index (χ1) is 10.1. The molecule has 2 rings (SSSR count). The summed E-state index contributed by atoms with van der Waals surface area (Å²) in [5.41, 5.74) is 0.655. The Balaban J connectivity index is 2.44. The molecule has 0 saturated carbocycles. The maximum Gasteiger partial charge on any atom is 0.185 e. The highest BCUT2D eigenvalue weighted by Crippen LogP contribution is 2.28. The second kappa shape index (κ2) is 6.51. The van der Waals surface area contributed by atoms with Gasteiger partial charge in [-0.15, -0.1) is 0 Å². The molecule has 0 spiro atoms. The number of nitriles is 1. The molecule has 1 atom stereocenters. The number of methoxy groups -OCH3 is 1. The monoisotopic (exact) mass is 347 g/mol.